The van der Waals surface area contributed by atoms with Crippen LogP contribution >= 0.6 is 22.6 Å². The molecule has 2 nitrogen and oxygen atoms in total. The highest BCUT2D eigenvalue weighted by Gasteiger charge is 2.37. The molecule has 0 unspecified atom stereocenters. The van der Waals surface area contributed by atoms with Crippen molar-refractivity contribution >= 4 is 22.6 Å². The van der Waals surface area contributed by atoms with Gasteiger partial charge in [-0.25, -0.2) is 4.39 Å². The summed E-state index contributed by atoms with van der Waals surface area (Å²) in [5, 5.41) is 5.48. The highest BCUT2D eigenvalue weighted by atomic mass is 127. The maximum atomic E-state index is 12.7. The van der Waals surface area contributed by atoms with Gasteiger partial charge in [-0.3, -0.25) is 5.10 Å². The lowest BCUT2D eigenvalue weighted by molar-refractivity contribution is -0.140. The van der Waals surface area contributed by atoms with Gasteiger partial charge in [0.05, 0.1) is 0 Å². The molecule has 0 fully saturated rings. The van der Waals surface area contributed by atoms with Crippen molar-refractivity contribution in [2.75, 3.05) is 0 Å². The predicted octanol–water partition coefficient (Wildman–Crippen LogP) is 3.84. The maximum absolute atomic E-state index is 12.7. The van der Waals surface area contributed by atoms with Crippen molar-refractivity contribution < 1.29 is 17.6 Å². The Kier molecular flexibility index (Phi) is 3.11. The Labute approximate surface area is 107 Å². The van der Waals surface area contributed by atoms with Gasteiger partial charge in [-0.05, 0) is 40.3 Å². The van der Waals surface area contributed by atoms with Crippen LogP contribution in [-0.4, -0.2) is 10.2 Å². The number of benzene rings is 1. The van der Waals surface area contributed by atoms with Gasteiger partial charge in [0.1, 0.15) is 15.2 Å². The Bertz CT molecular complexity index is 530. The van der Waals surface area contributed by atoms with E-state index in [-0.39, 0.29) is 14.8 Å². The van der Waals surface area contributed by atoms with Crippen molar-refractivity contribution in [3.05, 3.63) is 39.5 Å². The largest absolute Gasteiger partial charge is 0.433 e. The molecule has 1 aromatic heterocycles. The quantitative estimate of drug-likeness (QED) is 0.611. The zero-order valence-electron chi connectivity index (χ0n) is 8.15. The van der Waals surface area contributed by atoms with E-state index in [4.69, 9.17) is 0 Å². The average Bonchev–Trinajstić information content (AvgIpc) is 2.61. The molecule has 0 saturated heterocycles. The number of hydrogen-bond donors (Lipinski definition) is 1. The highest BCUT2D eigenvalue weighted by Crippen LogP contribution is 2.37. The monoisotopic (exact) mass is 356 g/mol. The van der Waals surface area contributed by atoms with Crippen LogP contribution in [0.4, 0.5) is 17.6 Å². The standard InChI is InChI=1S/C10H5F4IN2/c11-6-3-1-5(2-4-6)7-8(10(12,13)14)16-17-9(7)15/h1-4H,(H,16,17). The first-order valence-electron chi connectivity index (χ1n) is 4.46. The summed E-state index contributed by atoms with van der Waals surface area (Å²) < 4.78 is 50.9. The summed E-state index contributed by atoms with van der Waals surface area (Å²) in [5.74, 6) is -0.499. The summed E-state index contributed by atoms with van der Waals surface area (Å²) in [6.07, 6.45) is -4.51. The zero-order valence-corrected chi connectivity index (χ0v) is 10.3. The molecule has 90 valence electrons. The molecule has 0 aliphatic carbocycles. The molecule has 1 N–H and O–H groups in total. The van der Waals surface area contributed by atoms with E-state index in [1.54, 1.807) is 22.6 Å². The summed E-state index contributed by atoms with van der Waals surface area (Å²) >= 11 is 1.70. The predicted molar refractivity (Wildman–Crippen MR) is 61.7 cm³/mol. The second-order valence-corrected chi connectivity index (χ2v) is 4.29. The fraction of sp³-hybridized carbons (Fsp3) is 0.100. The van der Waals surface area contributed by atoms with E-state index in [0.29, 0.717) is 0 Å². The molecular formula is C10H5F4IN2. The number of nitrogens with zero attached hydrogens (tertiary/aromatic N) is 1. The number of aromatic amines is 1. The van der Waals surface area contributed by atoms with Crippen molar-refractivity contribution in [1.29, 1.82) is 0 Å². The zero-order chi connectivity index (χ0) is 12.6. The van der Waals surface area contributed by atoms with E-state index in [9.17, 15) is 17.6 Å². The Balaban J connectivity index is 2.59. The van der Waals surface area contributed by atoms with Gasteiger partial charge in [0.15, 0.2) is 0 Å². The van der Waals surface area contributed by atoms with Gasteiger partial charge in [0, 0.05) is 5.56 Å². The second kappa shape index (κ2) is 4.28. The van der Waals surface area contributed by atoms with E-state index >= 15 is 0 Å². The number of H-pyrrole nitrogens is 1. The topological polar surface area (TPSA) is 28.7 Å². The molecule has 0 spiro atoms. The first-order chi connectivity index (χ1) is 7.89. The average molecular weight is 356 g/mol. The molecule has 1 heterocycles. The minimum Gasteiger partial charge on any atom is -0.272 e. The van der Waals surface area contributed by atoms with E-state index < -0.39 is 17.7 Å². The normalized spacial score (nSPS) is 11.8. The molecule has 0 amide bonds. The van der Waals surface area contributed by atoms with Gasteiger partial charge in [-0.2, -0.15) is 18.3 Å². The molecule has 0 aliphatic heterocycles. The Hall–Kier alpha value is -1.12. The molecule has 17 heavy (non-hydrogen) atoms. The second-order valence-electron chi connectivity index (χ2n) is 3.27. The van der Waals surface area contributed by atoms with Crippen molar-refractivity contribution in [2.45, 2.75) is 6.18 Å². The summed E-state index contributed by atoms with van der Waals surface area (Å²) in [7, 11) is 0. The van der Waals surface area contributed by atoms with Crippen LogP contribution in [0.2, 0.25) is 0 Å². The molecular weight excluding hydrogens is 351 g/mol. The van der Waals surface area contributed by atoms with E-state index in [0.717, 1.165) is 12.1 Å². The smallest absolute Gasteiger partial charge is 0.272 e. The Morgan fingerprint density at radius 1 is 1.12 bits per heavy atom. The van der Waals surface area contributed by atoms with Crippen LogP contribution in [0.1, 0.15) is 5.69 Å². The van der Waals surface area contributed by atoms with Crippen molar-refractivity contribution in [3.8, 4) is 11.1 Å². The lowest BCUT2D eigenvalue weighted by atomic mass is 10.1. The number of nitrogens with one attached hydrogen (secondary N) is 1. The Morgan fingerprint density at radius 3 is 2.24 bits per heavy atom. The molecule has 0 saturated carbocycles. The van der Waals surface area contributed by atoms with Gasteiger partial charge >= 0.3 is 6.18 Å². The van der Waals surface area contributed by atoms with Crippen LogP contribution in [-0.2, 0) is 6.18 Å². The number of aromatic nitrogens is 2. The van der Waals surface area contributed by atoms with Gasteiger partial charge in [0.25, 0.3) is 0 Å². The molecule has 2 rings (SSSR count). The number of rotatable bonds is 1. The summed E-state index contributed by atoms with van der Waals surface area (Å²) in [4.78, 5) is 0. The molecule has 7 heteroatoms. The molecule has 2 aromatic rings. The molecule has 0 aliphatic rings. The van der Waals surface area contributed by atoms with Gasteiger partial charge in [0.2, 0.25) is 0 Å². The van der Waals surface area contributed by atoms with Crippen LogP contribution in [0.25, 0.3) is 11.1 Å². The van der Waals surface area contributed by atoms with Gasteiger partial charge in [-0.15, -0.1) is 0 Å². The minimum atomic E-state index is -4.51. The third kappa shape index (κ3) is 2.43. The molecule has 0 radical (unpaired) electrons. The lowest BCUT2D eigenvalue weighted by Crippen LogP contribution is -2.07. The highest BCUT2D eigenvalue weighted by molar-refractivity contribution is 14.1. The Morgan fingerprint density at radius 2 is 1.71 bits per heavy atom. The van der Waals surface area contributed by atoms with Crippen molar-refractivity contribution in [3.63, 3.8) is 0 Å². The van der Waals surface area contributed by atoms with Crippen molar-refractivity contribution in [1.82, 2.24) is 10.2 Å². The number of halogens is 5. The fourth-order valence-electron chi connectivity index (χ4n) is 1.41. The van der Waals surface area contributed by atoms with Crippen LogP contribution in [0.3, 0.4) is 0 Å². The first kappa shape index (κ1) is 12.3. The number of hydrogen-bond acceptors (Lipinski definition) is 1. The van der Waals surface area contributed by atoms with E-state index in [1.807, 2.05) is 5.10 Å². The molecule has 0 bridgehead atoms. The third-order valence-corrected chi connectivity index (χ3v) is 2.92. The van der Waals surface area contributed by atoms with Gasteiger partial charge in [-0.1, -0.05) is 12.1 Å². The lowest BCUT2D eigenvalue weighted by Gasteiger charge is -2.07. The minimum absolute atomic E-state index is 0.0573. The summed E-state index contributed by atoms with van der Waals surface area (Å²) in [6, 6.07) is 4.80. The van der Waals surface area contributed by atoms with Crippen LogP contribution in [0, 0.1) is 9.52 Å². The van der Waals surface area contributed by atoms with Crippen molar-refractivity contribution in [2.24, 2.45) is 0 Å². The van der Waals surface area contributed by atoms with E-state index in [2.05, 4.69) is 5.10 Å². The van der Waals surface area contributed by atoms with Crippen LogP contribution < -0.4 is 0 Å². The van der Waals surface area contributed by atoms with Crippen LogP contribution in [0.5, 0.6) is 0 Å². The first-order valence-corrected chi connectivity index (χ1v) is 5.54. The SMILES string of the molecule is Fc1ccc(-c2c(I)n[nH]c2C(F)(F)F)cc1. The maximum Gasteiger partial charge on any atom is 0.433 e. The summed E-state index contributed by atoms with van der Waals surface area (Å²) in [5.41, 5.74) is -0.705. The van der Waals surface area contributed by atoms with E-state index in [1.165, 1.54) is 12.1 Å². The molecule has 1 aromatic carbocycles. The van der Waals surface area contributed by atoms with Crippen LogP contribution in [0.15, 0.2) is 24.3 Å². The van der Waals surface area contributed by atoms with Gasteiger partial charge < -0.3 is 0 Å². The number of alkyl halides is 3. The summed E-state index contributed by atoms with van der Waals surface area (Å²) in [6.45, 7) is 0. The third-order valence-electron chi connectivity index (χ3n) is 2.14. The fourth-order valence-corrected chi connectivity index (χ4v) is 2.11. The molecule has 0 atom stereocenters.